The number of hydrogen-bond acceptors (Lipinski definition) is 4. The van der Waals surface area contributed by atoms with Gasteiger partial charge in [-0.25, -0.2) is 0 Å². The van der Waals surface area contributed by atoms with Crippen LogP contribution in [0.2, 0.25) is 0 Å². The Balaban J connectivity index is 3.08. The fourth-order valence-electron chi connectivity index (χ4n) is 1.77. The van der Waals surface area contributed by atoms with Crippen LogP contribution in [0.15, 0.2) is 16.6 Å². The van der Waals surface area contributed by atoms with Gasteiger partial charge in [0.25, 0.3) is 5.69 Å². The molecule has 104 valence electrons. The fraction of sp³-hybridized carbons (Fsp3) is 0.417. The van der Waals surface area contributed by atoms with Crippen LogP contribution in [0.5, 0.6) is 0 Å². The van der Waals surface area contributed by atoms with E-state index in [1.54, 1.807) is 13.0 Å². The van der Waals surface area contributed by atoms with E-state index >= 15 is 0 Å². The van der Waals surface area contributed by atoms with E-state index in [4.69, 9.17) is 5.11 Å². The zero-order chi connectivity index (χ0) is 14.6. The van der Waals surface area contributed by atoms with Gasteiger partial charge in [0.15, 0.2) is 0 Å². The van der Waals surface area contributed by atoms with E-state index in [2.05, 4.69) is 15.9 Å². The maximum Gasteiger partial charge on any atom is 0.305 e. The molecule has 0 fully saturated rings. The molecule has 0 bridgehead atoms. The van der Waals surface area contributed by atoms with Gasteiger partial charge in [0.1, 0.15) is 0 Å². The van der Waals surface area contributed by atoms with Crippen LogP contribution in [0, 0.1) is 17.0 Å². The highest BCUT2D eigenvalue weighted by Crippen LogP contribution is 2.33. The molecule has 19 heavy (non-hydrogen) atoms. The molecular formula is C12H15BrN2O4. The highest BCUT2D eigenvalue weighted by atomic mass is 79.9. The summed E-state index contributed by atoms with van der Waals surface area (Å²) in [6, 6.07) is 3.15. The lowest BCUT2D eigenvalue weighted by Gasteiger charge is -2.24. The summed E-state index contributed by atoms with van der Waals surface area (Å²) in [5.41, 5.74) is 1.37. The average molecular weight is 331 g/mol. The van der Waals surface area contributed by atoms with Crippen LogP contribution in [0.1, 0.15) is 18.9 Å². The van der Waals surface area contributed by atoms with Crippen LogP contribution < -0.4 is 4.90 Å². The number of nitrogens with zero attached hydrogens (tertiary/aromatic N) is 2. The lowest BCUT2D eigenvalue weighted by Crippen LogP contribution is -2.26. The van der Waals surface area contributed by atoms with Crippen molar-refractivity contribution in [3.05, 3.63) is 32.3 Å². The van der Waals surface area contributed by atoms with Crippen molar-refractivity contribution in [2.24, 2.45) is 0 Å². The minimum atomic E-state index is -0.867. The Bertz CT molecular complexity index is 505. The highest BCUT2D eigenvalue weighted by Gasteiger charge is 2.17. The maximum atomic E-state index is 10.8. The first kappa shape index (κ1) is 15.4. The average Bonchev–Trinajstić information content (AvgIpc) is 2.32. The molecule has 0 aliphatic carbocycles. The van der Waals surface area contributed by atoms with E-state index in [0.29, 0.717) is 23.1 Å². The van der Waals surface area contributed by atoms with E-state index in [1.807, 2.05) is 11.8 Å². The van der Waals surface area contributed by atoms with Gasteiger partial charge in [-0.3, -0.25) is 14.9 Å². The largest absolute Gasteiger partial charge is 0.481 e. The fourth-order valence-corrected chi connectivity index (χ4v) is 2.36. The summed E-state index contributed by atoms with van der Waals surface area (Å²) in [5.74, 6) is -0.867. The lowest BCUT2D eigenvalue weighted by atomic mass is 10.1. The summed E-state index contributed by atoms with van der Waals surface area (Å²) in [4.78, 5) is 22.9. The van der Waals surface area contributed by atoms with Gasteiger partial charge in [-0.05, 0) is 35.8 Å². The topological polar surface area (TPSA) is 83.7 Å². The van der Waals surface area contributed by atoms with Crippen LogP contribution in [0.4, 0.5) is 11.4 Å². The predicted octanol–water partition coefficient (Wildman–Crippen LogP) is 2.97. The molecule has 0 radical (unpaired) electrons. The zero-order valence-corrected chi connectivity index (χ0v) is 12.3. The number of anilines is 1. The number of carboxylic acids is 1. The molecule has 0 spiro atoms. The minimum absolute atomic E-state index is 0.0241. The first-order valence-corrected chi connectivity index (χ1v) is 6.57. The van der Waals surface area contributed by atoms with E-state index in [0.717, 1.165) is 5.69 Å². The van der Waals surface area contributed by atoms with Crippen molar-refractivity contribution in [2.75, 3.05) is 18.0 Å². The monoisotopic (exact) mass is 330 g/mol. The molecule has 0 saturated carbocycles. The number of rotatable bonds is 6. The van der Waals surface area contributed by atoms with E-state index in [1.165, 1.54) is 6.07 Å². The molecule has 0 aliphatic heterocycles. The Kier molecular flexibility index (Phi) is 5.29. The Morgan fingerprint density at radius 3 is 2.63 bits per heavy atom. The third-order valence-corrected chi connectivity index (χ3v) is 3.42. The molecule has 0 atom stereocenters. The number of hydrogen-bond donors (Lipinski definition) is 1. The summed E-state index contributed by atoms with van der Waals surface area (Å²) < 4.78 is 0.594. The van der Waals surface area contributed by atoms with Gasteiger partial charge in [-0.1, -0.05) is 0 Å². The third kappa shape index (κ3) is 3.92. The highest BCUT2D eigenvalue weighted by molar-refractivity contribution is 9.10. The predicted molar refractivity (Wildman–Crippen MR) is 75.7 cm³/mol. The van der Waals surface area contributed by atoms with Crippen molar-refractivity contribution in [3.63, 3.8) is 0 Å². The summed E-state index contributed by atoms with van der Waals surface area (Å²) in [6.45, 7) is 4.56. The van der Waals surface area contributed by atoms with Crippen molar-refractivity contribution in [1.29, 1.82) is 0 Å². The second-order valence-corrected chi connectivity index (χ2v) is 4.92. The number of nitro groups is 1. The number of halogens is 1. The number of carbonyl (C=O) groups is 1. The molecule has 0 aliphatic rings. The molecule has 1 aromatic carbocycles. The molecular weight excluding hydrogens is 316 g/mol. The van der Waals surface area contributed by atoms with Gasteiger partial charge in [0, 0.05) is 29.2 Å². The van der Waals surface area contributed by atoms with Gasteiger partial charge >= 0.3 is 5.97 Å². The van der Waals surface area contributed by atoms with Crippen molar-refractivity contribution >= 4 is 33.3 Å². The maximum absolute atomic E-state index is 10.8. The van der Waals surface area contributed by atoms with Gasteiger partial charge in [0.05, 0.1) is 17.0 Å². The smallest absolute Gasteiger partial charge is 0.305 e. The second kappa shape index (κ2) is 6.51. The number of benzene rings is 1. The van der Waals surface area contributed by atoms with E-state index < -0.39 is 10.9 Å². The minimum Gasteiger partial charge on any atom is -0.481 e. The second-order valence-electron chi connectivity index (χ2n) is 4.07. The van der Waals surface area contributed by atoms with Gasteiger partial charge in [-0.15, -0.1) is 0 Å². The summed E-state index contributed by atoms with van der Waals surface area (Å²) in [7, 11) is 0. The Morgan fingerprint density at radius 1 is 1.53 bits per heavy atom. The van der Waals surface area contributed by atoms with Crippen LogP contribution in [0.3, 0.4) is 0 Å². The molecule has 7 heteroatoms. The summed E-state index contributed by atoms with van der Waals surface area (Å²) in [5, 5.41) is 19.6. The lowest BCUT2D eigenvalue weighted by molar-refractivity contribution is -0.385. The van der Waals surface area contributed by atoms with Gasteiger partial charge in [0.2, 0.25) is 0 Å². The van der Waals surface area contributed by atoms with Gasteiger partial charge in [-0.2, -0.15) is 0 Å². The SMILES string of the molecule is CCN(CCC(=O)O)c1cc(C)c([N+](=O)[O-])cc1Br. The van der Waals surface area contributed by atoms with Crippen LogP contribution >= 0.6 is 15.9 Å². The van der Waals surface area contributed by atoms with Crippen LogP contribution in [0.25, 0.3) is 0 Å². The molecule has 6 nitrogen and oxygen atoms in total. The molecule has 0 heterocycles. The molecule has 1 rings (SSSR count). The first-order valence-electron chi connectivity index (χ1n) is 5.78. The van der Waals surface area contributed by atoms with E-state index in [9.17, 15) is 14.9 Å². The number of carboxylic acid groups (broad SMARTS) is 1. The normalized spacial score (nSPS) is 10.3. The Labute approximate surface area is 119 Å². The number of aryl methyl sites for hydroxylation is 1. The Hall–Kier alpha value is -1.63. The molecule has 1 aromatic rings. The molecule has 0 saturated heterocycles. The number of aliphatic carboxylic acids is 1. The summed E-state index contributed by atoms with van der Waals surface area (Å²) in [6.07, 6.45) is 0.0241. The van der Waals surface area contributed by atoms with Crippen LogP contribution in [-0.4, -0.2) is 29.1 Å². The molecule has 0 amide bonds. The van der Waals surface area contributed by atoms with Crippen molar-refractivity contribution in [2.45, 2.75) is 20.3 Å². The quantitative estimate of drug-likeness (QED) is 0.640. The Morgan fingerprint density at radius 2 is 2.16 bits per heavy atom. The standard InChI is InChI=1S/C12H15BrN2O4/c1-3-14(5-4-12(16)17)11-6-8(2)10(15(18)19)7-9(11)13/h6-7H,3-5H2,1-2H3,(H,16,17). The molecule has 0 unspecified atom stereocenters. The number of nitro benzene ring substituents is 1. The molecule has 1 N–H and O–H groups in total. The van der Waals surface area contributed by atoms with Crippen molar-refractivity contribution in [3.8, 4) is 0 Å². The van der Waals surface area contributed by atoms with Gasteiger partial charge < -0.3 is 10.0 Å². The van der Waals surface area contributed by atoms with Crippen LogP contribution in [-0.2, 0) is 4.79 Å². The summed E-state index contributed by atoms with van der Waals surface area (Å²) >= 11 is 3.30. The first-order chi connectivity index (χ1) is 8.86. The van der Waals surface area contributed by atoms with E-state index in [-0.39, 0.29) is 12.1 Å². The van der Waals surface area contributed by atoms with Crippen molar-refractivity contribution in [1.82, 2.24) is 0 Å². The zero-order valence-electron chi connectivity index (χ0n) is 10.7. The van der Waals surface area contributed by atoms with Crippen molar-refractivity contribution < 1.29 is 14.8 Å². The third-order valence-electron chi connectivity index (χ3n) is 2.78. The molecule has 0 aromatic heterocycles.